The highest BCUT2D eigenvalue weighted by Crippen LogP contribution is 2.22. The molecule has 7 heteroatoms. The fourth-order valence-electron chi connectivity index (χ4n) is 3.08. The van der Waals surface area contributed by atoms with Gasteiger partial charge < -0.3 is 15.5 Å². The summed E-state index contributed by atoms with van der Waals surface area (Å²) in [7, 11) is 0. The number of carbonyl (C=O) groups excluding carboxylic acids is 1. The van der Waals surface area contributed by atoms with Crippen molar-refractivity contribution in [3.05, 3.63) is 58.4 Å². The number of anilines is 4. The molecule has 4 rings (SSSR count). The minimum atomic E-state index is -0.0945. The number of hydrogen-bond acceptors (Lipinski definition) is 6. The highest BCUT2D eigenvalue weighted by atomic mass is 32.1. The van der Waals surface area contributed by atoms with Gasteiger partial charge in [0, 0.05) is 36.2 Å². The van der Waals surface area contributed by atoms with E-state index in [0.717, 1.165) is 36.0 Å². The second-order valence-electron chi connectivity index (χ2n) is 6.52. The highest BCUT2D eigenvalue weighted by molar-refractivity contribution is 7.12. The van der Waals surface area contributed by atoms with Crippen molar-refractivity contribution in [2.24, 2.45) is 0 Å². The lowest BCUT2D eigenvalue weighted by atomic mass is 10.2. The van der Waals surface area contributed by atoms with Gasteiger partial charge in [-0.25, -0.2) is 4.98 Å². The van der Waals surface area contributed by atoms with E-state index in [1.165, 1.54) is 24.2 Å². The SMILES string of the molecule is Cc1cc(N2CCCC2)nc(Nc2ccc(NC(=O)c3cccs3)cc2)n1. The summed E-state index contributed by atoms with van der Waals surface area (Å²) in [6.45, 7) is 4.08. The fraction of sp³-hybridized carbons (Fsp3) is 0.250. The predicted octanol–water partition coefficient (Wildman–Crippen LogP) is 4.44. The molecule has 3 heterocycles. The van der Waals surface area contributed by atoms with Crippen molar-refractivity contribution in [1.29, 1.82) is 0 Å². The lowest BCUT2D eigenvalue weighted by Gasteiger charge is -2.17. The first-order valence-corrected chi connectivity index (χ1v) is 9.88. The third-order valence-corrected chi connectivity index (χ3v) is 5.28. The van der Waals surface area contributed by atoms with Crippen molar-refractivity contribution >= 4 is 40.4 Å². The Morgan fingerprint density at radius 3 is 2.52 bits per heavy atom. The smallest absolute Gasteiger partial charge is 0.265 e. The molecule has 2 aromatic heterocycles. The van der Waals surface area contributed by atoms with E-state index in [1.54, 1.807) is 0 Å². The van der Waals surface area contributed by atoms with Gasteiger partial charge in [0.2, 0.25) is 5.95 Å². The first kappa shape index (κ1) is 17.5. The average molecular weight is 379 g/mol. The van der Waals surface area contributed by atoms with E-state index in [2.05, 4.69) is 25.5 Å². The quantitative estimate of drug-likeness (QED) is 0.686. The predicted molar refractivity (Wildman–Crippen MR) is 110 cm³/mol. The summed E-state index contributed by atoms with van der Waals surface area (Å²) in [6, 6.07) is 13.3. The summed E-state index contributed by atoms with van der Waals surface area (Å²) in [4.78, 5) is 24.2. The topological polar surface area (TPSA) is 70.2 Å². The second kappa shape index (κ2) is 7.75. The van der Waals surface area contributed by atoms with Gasteiger partial charge in [-0.3, -0.25) is 4.79 Å². The van der Waals surface area contributed by atoms with Crippen molar-refractivity contribution in [2.45, 2.75) is 19.8 Å². The third-order valence-electron chi connectivity index (χ3n) is 4.41. The third kappa shape index (κ3) is 4.25. The molecule has 0 aliphatic carbocycles. The molecule has 1 aromatic carbocycles. The number of benzene rings is 1. The molecule has 0 spiro atoms. The fourth-order valence-corrected chi connectivity index (χ4v) is 3.70. The van der Waals surface area contributed by atoms with Crippen LogP contribution < -0.4 is 15.5 Å². The molecule has 2 N–H and O–H groups in total. The number of hydrogen-bond donors (Lipinski definition) is 2. The van der Waals surface area contributed by atoms with Crippen molar-refractivity contribution in [2.75, 3.05) is 28.6 Å². The summed E-state index contributed by atoms with van der Waals surface area (Å²) in [5, 5.41) is 8.04. The summed E-state index contributed by atoms with van der Waals surface area (Å²) in [5.41, 5.74) is 2.57. The Labute approximate surface area is 162 Å². The van der Waals surface area contributed by atoms with Crippen molar-refractivity contribution in [1.82, 2.24) is 9.97 Å². The Hall–Kier alpha value is -2.93. The zero-order valence-corrected chi connectivity index (χ0v) is 15.9. The van der Waals surface area contributed by atoms with E-state index in [1.807, 2.05) is 54.8 Å². The van der Waals surface area contributed by atoms with E-state index in [9.17, 15) is 4.79 Å². The van der Waals surface area contributed by atoms with Crippen LogP contribution in [0.4, 0.5) is 23.1 Å². The Kier molecular flexibility index (Phi) is 5.02. The van der Waals surface area contributed by atoms with E-state index < -0.39 is 0 Å². The molecule has 3 aromatic rings. The first-order chi connectivity index (χ1) is 13.2. The summed E-state index contributed by atoms with van der Waals surface area (Å²) in [6.07, 6.45) is 2.43. The monoisotopic (exact) mass is 379 g/mol. The lowest BCUT2D eigenvalue weighted by Crippen LogP contribution is -2.19. The normalized spacial score (nSPS) is 13.6. The van der Waals surface area contributed by atoms with Crippen molar-refractivity contribution in [3.63, 3.8) is 0 Å². The van der Waals surface area contributed by atoms with Gasteiger partial charge in [-0.05, 0) is 55.5 Å². The molecule has 6 nitrogen and oxygen atoms in total. The van der Waals surface area contributed by atoms with E-state index in [-0.39, 0.29) is 5.91 Å². The maximum Gasteiger partial charge on any atom is 0.265 e. The highest BCUT2D eigenvalue weighted by Gasteiger charge is 2.15. The minimum Gasteiger partial charge on any atom is -0.356 e. The van der Waals surface area contributed by atoms with Crippen LogP contribution in [0.15, 0.2) is 47.8 Å². The van der Waals surface area contributed by atoms with Crippen molar-refractivity contribution in [3.8, 4) is 0 Å². The molecule has 0 atom stereocenters. The molecule has 0 unspecified atom stereocenters. The van der Waals surface area contributed by atoms with Gasteiger partial charge in [0.25, 0.3) is 5.91 Å². The largest absolute Gasteiger partial charge is 0.356 e. The maximum atomic E-state index is 12.1. The molecule has 0 radical (unpaired) electrons. The number of aryl methyl sites for hydroxylation is 1. The van der Waals surface area contributed by atoms with Crippen LogP contribution in [-0.4, -0.2) is 29.0 Å². The molecule has 138 valence electrons. The molecule has 0 bridgehead atoms. The molecule has 1 aliphatic rings. The number of nitrogens with zero attached hydrogens (tertiary/aromatic N) is 3. The summed E-state index contributed by atoms with van der Waals surface area (Å²) >= 11 is 1.42. The van der Waals surface area contributed by atoms with E-state index in [0.29, 0.717) is 10.8 Å². The number of carbonyl (C=O) groups is 1. The molecular weight excluding hydrogens is 358 g/mol. The standard InChI is InChI=1S/C20H21N5OS/c1-14-13-18(25-10-2-3-11-25)24-20(21-14)23-16-8-6-15(7-9-16)22-19(26)17-5-4-12-27-17/h4-9,12-13H,2-3,10-11H2,1H3,(H,22,26)(H,21,23,24). The van der Waals surface area contributed by atoms with Gasteiger partial charge in [-0.2, -0.15) is 4.98 Å². The minimum absolute atomic E-state index is 0.0945. The average Bonchev–Trinajstić information content (AvgIpc) is 3.37. The zero-order valence-electron chi connectivity index (χ0n) is 15.1. The Morgan fingerprint density at radius 1 is 1.07 bits per heavy atom. The zero-order chi connectivity index (χ0) is 18.6. The van der Waals surface area contributed by atoms with Gasteiger partial charge in [0.05, 0.1) is 4.88 Å². The van der Waals surface area contributed by atoms with Crippen LogP contribution in [-0.2, 0) is 0 Å². The van der Waals surface area contributed by atoms with Gasteiger partial charge in [-0.1, -0.05) is 6.07 Å². The number of aromatic nitrogens is 2. The van der Waals surface area contributed by atoms with Crippen LogP contribution in [0.3, 0.4) is 0 Å². The van der Waals surface area contributed by atoms with Crippen LogP contribution in [0.25, 0.3) is 0 Å². The van der Waals surface area contributed by atoms with Gasteiger partial charge in [-0.15, -0.1) is 11.3 Å². The van der Waals surface area contributed by atoms with E-state index >= 15 is 0 Å². The summed E-state index contributed by atoms with van der Waals surface area (Å²) < 4.78 is 0. The van der Waals surface area contributed by atoms with Gasteiger partial charge in [0.1, 0.15) is 5.82 Å². The molecule has 1 amide bonds. The Morgan fingerprint density at radius 2 is 1.81 bits per heavy atom. The van der Waals surface area contributed by atoms with Crippen molar-refractivity contribution < 1.29 is 4.79 Å². The number of nitrogens with one attached hydrogen (secondary N) is 2. The molecule has 1 aliphatic heterocycles. The Bertz CT molecular complexity index is 918. The molecule has 1 saturated heterocycles. The molecule has 1 fully saturated rings. The maximum absolute atomic E-state index is 12.1. The van der Waals surface area contributed by atoms with Crippen LogP contribution in [0.1, 0.15) is 28.2 Å². The summed E-state index contributed by atoms with van der Waals surface area (Å²) in [5.74, 6) is 1.47. The number of thiophene rings is 1. The molecular formula is C20H21N5OS. The lowest BCUT2D eigenvalue weighted by molar-refractivity contribution is 0.103. The number of amides is 1. The molecule has 0 saturated carbocycles. The first-order valence-electron chi connectivity index (χ1n) is 9.00. The second-order valence-corrected chi connectivity index (χ2v) is 7.47. The van der Waals surface area contributed by atoms with Gasteiger partial charge >= 0.3 is 0 Å². The van der Waals surface area contributed by atoms with Gasteiger partial charge in [0.15, 0.2) is 0 Å². The van der Waals surface area contributed by atoms with E-state index in [4.69, 9.17) is 0 Å². The van der Waals surface area contributed by atoms with Crippen LogP contribution >= 0.6 is 11.3 Å². The Balaban J connectivity index is 1.44. The number of rotatable bonds is 5. The van der Waals surface area contributed by atoms with Crippen LogP contribution in [0.2, 0.25) is 0 Å². The van der Waals surface area contributed by atoms with Crippen LogP contribution in [0.5, 0.6) is 0 Å². The molecule has 27 heavy (non-hydrogen) atoms. The van der Waals surface area contributed by atoms with Crippen LogP contribution in [0, 0.1) is 6.92 Å².